The molecular weight excluding hydrogens is 350 g/mol. The van der Waals surface area contributed by atoms with Gasteiger partial charge in [-0.15, -0.1) is 0 Å². The number of ether oxygens (including phenoxy) is 2. The first-order chi connectivity index (χ1) is 11.5. The average Bonchev–Trinajstić information content (AvgIpc) is 2.62. The summed E-state index contributed by atoms with van der Waals surface area (Å²) in [4.78, 5) is 0.238. The predicted molar refractivity (Wildman–Crippen MR) is 91.9 cm³/mol. The zero-order valence-electron chi connectivity index (χ0n) is 13.2. The van der Waals surface area contributed by atoms with E-state index in [1.807, 2.05) is 24.3 Å². The number of rotatable bonds is 4. The summed E-state index contributed by atoms with van der Waals surface area (Å²) in [5.74, 6) is 0.750. The molecule has 1 heterocycles. The van der Waals surface area contributed by atoms with Crippen LogP contribution in [-0.2, 0) is 14.8 Å². The molecule has 0 radical (unpaired) electrons. The molecule has 0 saturated carbocycles. The average molecular weight is 368 g/mol. The van der Waals surface area contributed by atoms with Crippen LogP contribution in [0.5, 0.6) is 5.75 Å². The molecule has 2 aromatic carbocycles. The van der Waals surface area contributed by atoms with Crippen molar-refractivity contribution >= 4 is 21.6 Å². The van der Waals surface area contributed by atoms with Crippen molar-refractivity contribution in [2.75, 3.05) is 26.8 Å². The number of methoxy groups -OCH3 is 1. The van der Waals surface area contributed by atoms with E-state index >= 15 is 0 Å². The summed E-state index contributed by atoms with van der Waals surface area (Å²) in [5.41, 5.74) is 0.923. The molecule has 0 aromatic heterocycles. The number of nitrogens with zero attached hydrogens (tertiary/aromatic N) is 1. The highest BCUT2D eigenvalue weighted by molar-refractivity contribution is 7.89. The van der Waals surface area contributed by atoms with Gasteiger partial charge in [-0.2, -0.15) is 4.31 Å². The van der Waals surface area contributed by atoms with Crippen LogP contribution >= 0.6 is 11.6 Å². The van der Waals surface area contributed by atoms with Gasteiger partial charge in [0.2, 0.25) is 10.0 Å². The molecule has 1 atom stereocenters. The Morgan fingerprint density at radius 3 is 2.42 bits per heavy atom. The Morgan fingerprint density at radius 1 is 1.12 bits per heavy atom. The van der Waals surface area contributed by atoms with Crippen LogP contribution in [0, 0.1) is 0 Å². The lowest BCUT2D eigenvalue weighted by Crippen LogP contribution is -2.42. The van der Waals surface area contributed by atoms with Gasteiger partial charge < -0.3 is 9.47 Å². The van der Waals surface area contributed by atoms with Gasteiger partial charge in [0.25, 0.3) is 0 Å². The Hall–Kier alpha value is -1.60. The highest BCUT2D eigenvalue weighted by Crippen LogP contribution is 2.28. The molecule has 5 nitrogen and oxygen atoms in total. The second-order valence-corrected chi connectivity index (χ2v) is 7.82. The van der Waals surface area contributed by atoms with Gasteiger partial charge in [-0.3, -0.25) is 0 Å². The molecule has 1 unspecified atom stereocenters. The second kappa shape index (κ2) is 7.11. The molecule has 1 aliphatic rings. The third kappa shape index (κ3) is 3.57. The lowest BCUT2D eigenvalue weighted by Gasteiger charge is -2.32. The van der Waals surface area contributed by atoms with Crippen LogP contribution in [0.25, 0.3) is 0 Å². The van der Waals surface area contributed by atoms with Gasteiger partial charge in [-0.25, -0.2) is 8.42 Å². The predicted octanol–water partition coefficient (Wildman–Crippen LogP) is 3.11. The second-order valence-electron chi connectivity index (χ2n) is 5.45. The Kier molecular flexibility index (Phi) is 5.10. The van der Waals surface area contributed by atoms with Gasteiger partial charge in [0, 0.05) is 18.1 Å². The van der Waals surface area contributed by atoms with Gasteiger partial charge >= 0.3 is 0 Å². The normalized spacial score (nSPS) is 19.2. The SMILES string of the molecule is COc1ccc(C2CN(S(=O)(=O)c3ccc(Cl)cc3)CCO2)cc1. The number of sulfonamides is 1. The number of hydrogen-bond acceptors (Lipinski definition) is 4. The van der Waals surface area contributed by atoms with Crippen molar-refractivity contribution < 1.29 is 17.9 Å². The monoisotopic (exact) mass is 367 g/mol. The molecule has 0 bridgehead atoms. The number of benzene rings is 2. The first kappa shape index (κ1) is 17.2. The maximum Gasteiger partial charge on any atom is 0.243 e. The fraction of sp³-hybridized carbons (Fsp3) is 0.294. The minimum atomic E-state index is -3.56. The van der Waals surface area contributed by atoms with Gasteiger partial charge in [-0.1, -0.05) is 23.7 Å². The van der Waals surface area contributed by atoms with E-state index in [0.29, 0.717) is 18.2 Å². The summed E-state index contributed by atoms with van der Waals surface area (Å²) in [6.45, 7) is 0.957. The molecule has 7 heteroatoms. The summed E-state index contributed by atoms with van der Waals surface area (Å²) in [6, 6.07) is 13.7. The fourth-order valence-electron chi connectivity index (χ4n) is 2.62. The van der Waals surface area contributed by atoms with Gasteiger partial charge in [0.15, 0.2) is 0 Å². The minimum absolute atomic E-state index is 0.238. The number of morpholine rings is 1. The molecular formula is C17H18ClNO4S. The van der Waals surface area contributed by atoms with Crippen molar-refractivity contribution in [1.82, 2.24) is 4.31 Å². The molecule has 1 fully saturated rings. The Labute approximate surface area is 146 Å². The van der Waals surface area contributed by atoms with Crippen molar-refractivity contribution in [3.63, 3.8) is 0 Å². The maximum atomic E-state index is 12.8. The van der Waals surface area contributed by atoms with E-state index in [4.69, 9.17) is 21.1 Å². The van der Waals surface area contributed by atoms with E-state index in [1.165, 1.54) is 16.4 Å². The van der Waals surface area contributed by atoms with E-state index in [0.717, 1.165) is 11.3 Å². The lowest BCUT2D eigenvalue weighted by molar-refractivity contribution is -0.00257. The topological polar surface area (TPSA) is 55.8 Å². The third-order valence-electron chi connectivity index (χ3n) is 3.97. The van der Waals surface area contributed by atoms with Crippen molar-refractivity contribution in [1.29, 1.82) is 0 Å². The van der Waals surface area contributed by atoms with Crippen LogP contribution in [0.3, 0.4) is 0 Å². The molecule has 0 spiro atoms. The first-order valence-electron chi connectivity index (χ1n) is 7.52. The summed E-state index contributed by atoms with van der Waals surface area (Å²) in [7, 11) is -1.96. The molecule has 1 aliphatic heterocycles. The first-order valence-corrected chi connectivity index (χ1v) is 9.34. The van der Waals surface area contributed by atoms with Crippen LogP contribution in [0.2, 0.25) is 5.02 Å². The maximum absolute atomic E-state index is 12.8. The molecule has 3 rings (SSSR count). The fourth-order valence-corrected chi connectivity index (χ4v) is 4.17. The van der Waals surface area contributed by atoms with E-state index < -0.39 is 10.0 Å². The molecule has 2 aromatic rings. The molecule has 1 saturated heterocycles. The summed E-state index contributed by atoms with van der Waals surface area (Å²) in [5, 5.41) is 0.507. The molecule has 0 aliphatic carbocycles. The van der Waals surface area contributed by atoms with Crippen LogP contribution in [-0.4, -0.2) is 39.5 Å². The van der Waals surface area contributed by atoms with Crippen LogP contribution in [0.15, 0.2) is 53.4 Å². The highest BCUT2D eigenvalue weighted by atomic mass is 35.5. The van der Waals surface area contributed by atoms with Gasteiger partial charge in [0.1, 0.15) is 5.75 Å². The minimum Gasteiger partial charge on any atom is -0.497 e. The van der Waals surface area contributed by atoms with Crippen LogP contribution in [0.4, 0.5) is 0 Å². The van der Waals surface area contributed by atoms with Crippen LogP contribution < -0.4 is 4.74 Å². The smallest absolute Gasteiger partial charge is 0.243 e. The van der Waals surface area contributed by atoms with Gasteiger partial charge in [0.05, 0.1) is 24.7 Å². The van der Waals surface area contributed by atoms with E-state index in [2.05, 4.69) is 0 Å². The third-order valence-corrected chi connectivity index (χ3v) is 6.10. The van der Waals surface area contributed by atoms with Crippen molar-refractivity contribution in [3.8, 4) is 5.75 Å². The van der Waals surface area contributed by atoms with E-state index in [-0.39, 0.29) is 17.5 Å². The molecule has 24 heavy (non-hydrogen) atoms. The van der Waals surface area contributed by atoms with E-state index in [9.17, 15) is 8.42 Å². The molecule has 128 valence electrons. The Bertz CT molecular complexity index is 790. The summed E-state index contributed by atoms with van der Waals surface area (Å²) < 4.78 is 37.9. The van der Waals surface area contributed by atoms with Crippen molar-refractivity contribution in [3.05, 3.63) is 59.1 Å². The van der Waals surface area contributed by atoms with Crippen molar-refractivity contribution in [2.24, 2.45) is 0 Å². The summed E-state index contributed by atoms with van der Waals surface area (Å²) >= 11 is 5.84. The molecule has 0 N–H and O–H groups in total. The summed E-state index contributed by atoms with van der Waals surface area (Å²) in [6.07, 6.45) is -0.299. The largest absolute Gasteiger partial charge is 0.497 e. The molecule has 0 amide bonds. The Balaban J connectivity index is 1.80. The van der Waals surface area contributed by atoms with Crippen molar-refractivity contribution in [2.45, 2.75) is 11.0 Å². The quantitative estimate of drug-likeness (QED) is 0.833. The zero-order chi connectivity index (χ0) is 17.2. The highest BCUT2D eigenvalue weighted by Gasteiger charge is 2.31. The van der Waals surface area contributed by atoms with Gasteiger partial charge in [-0.05, 0) is 42.0 Å². The van der Waals surface area contributed by atoms with Crippen LogP contribution in [0.1, 0.15) is 11.7 Å². The lowest BCUT2D eigenvalue weighted by atomic mass is 10.1. The van der Waals surface area contributed by atoms with E-state index in [1.54, 1.807) is 19.2 Å². The number of halogens is 1. The number of hydrogen-bond donors (Lipinski definition) is 0. The Morgan fingerprint density at radius 2 is 1.79 bits per heavy atom. The standard InChI is InChI=1S/C17H18ClNO4S/c1-22-15-6-2-13(3-7-15)17-12-19(10-11-23-17)24(20,21)16-8-4-14(18)5-9-16/h2-9,17H,10-12H2,1H3. The zero-order valence-corrected chi connectivity index (χ0v) is 14.8.